The summed E-state index contributed by atoms with van der Waals surface area (Å²) in [5.74, 6) is 0. The molecule has 0 radical (unpaired) electrons. The number of hydrogen-bond donors (Lipinski definition) is 3. The first-order chi connectivity index (χ1) is 4.81. The molecule has 0 heterocycles. The molecule has 0 rings (SSSR count). The van der Waals surface area contributed by atoms with Crippen LogP contribution in [-0.2, 0) is 0 Å². The first kappa shape index (κ1) is 8.90. The highest BCUT2D eigenvalue weighted by Gasteiger charge is 1.92. The summed E-state index contributed by atoms with van der Waals surface area (Å²) >= 11 is 0. The van der Waals surface area contributed by atoms with Gasteiger partial charge in [-0.2, -0.15) is 5.10 Å². The van der Waals surface area contributed by atoms with Crippen molar-refractivity contribution in [3.63, 3.8) is 0 Å². The SMILES string of the molecule is CC=NNC(=O)NCCO. The van der Waals surface area contributed by atoms with Gasteiger partial charge >= 0.3 is 6.03 Å². The van der Waals surface area contributed by atoms with Crippen molar-refractivity contribution in [2.75, 3.05) is 13.2 Å². The lowest BCUT2D eigenvalue weighted by molar-refractivity contribution is 0.234. The Morgan fingerprint density at radius 1 is 1.80 bits per heavy atom. The van der Waals surface area contributed by atoms with Gasteiger partial charge in [0.1, 0.15) is 0 Å². The molecule has 2 amide bonds. The number of hydrazone groups is 1. The Morgan fingerprint density at radius 2 is 2.50 bits per heavy atom. The fourth-order valence-electron chi connectivity index (χ4n) is 0.332. The molecule has 0 aromatic heterocycles. The summed E-state index contributed by atoms with van der Waals surface area (Å²) in [7, 11) is 0. The van der Waals surface area contributed by atoms with E-state index >= 15 is 0 Å². The summed E-state index contributed by atoms with van der Waals surface area (Å²) in [6.45, 7) is 1.86. The molecular formula is C5H11N3O2. The second kappa shape index (κ2) is 6.03. The van der Waals surface area contributed by atoms with Gasteiger partial charge in [-0.3, -0.25) is 0 Å². The van der Waals surface area contributed by atoms with Gasteiger partial charge in [0.2, 0.25) is 0 Å². The summed E-state index contributed by atoms with van der Waals surface area (Å²) in [4.78, 5) is 10.5. The fraction of sp³-hybridized carbons (Fsp3) is 0.600. The van der Waals surface area contributed by atoms with E-state index in [1.165, 1.54) is 6.21 Å². The van der Waals surface area contributed by atoms with Crippen LogP contribution >= 0.6 is 0 Å². The highest BCUT2D eigenvalue weighted by molar-refractivity contribution is 5.74. The number of carbonyl (C=O) groups is 1. The molecule has 0 atom stereocenters. The summed E-state index contributed by atoms with van der Waals surface area (Å²) in [6.07, 6.45) is 1.46. The Kier molecular flexibility index (Phi) is 5.36. The molecule has 0 aromatic rings. The first-order valence-corrected chi connectivity index (χ1v) is 2.93. The van der Waals surface area contributed by atoms with Crippen LogP contribution in [0.4, 0.5) is 4.79 Å². The predicted molar refractivity (Wildman–Crippen MR) is 37.8 cm³/mol. The minimum Gasteiger partial charge on any atom is -0.395 e. The standard InChI is InChI=1S/C5H11N3O2/c1-2-7-8-5(10)6-3-4-9/h2,9H,3-4H2,1H3,(H2,6,8,10). The van der Waals surface area contributed by atoms with E-state index in [0.717, 1.165) is 0 Å². The summed E-state index contributed by atoms with van der Waals surface area (Å²) in [5, 5.41) is 14.1. The van der Waals surface area contributed by atoms with Gasteiger partial charge in [-0.15, -0.1) is 0 Å². The van der Waals surface area contributed by atoms with Gasteiger partial charge < -0.3 is 10.4 Å². The highest BCUT2D eigenvalue weighted by Crippen LogP contribution is 1.63. The molecule has 0 aliphatic heterocycles. The van der Waals surface area contributed by atoms with Gasteiger partial charge in [-0.1, -0.05) is 0 Å². The minimum absolute atomic E-state index is 0.0662. The van der Waals surface area contributed by atoms with Crippen molar-refractivity contribution < 1.29 is 9.90 Å². The minimum atomic E-state index is -0.410. The van der Waals surface area contributed by atoms with Crippen LogP contribution in [-0.4, -0.2) is 30.5 Å². The van der Waals surface area contributed by atoms with Crippen molar-refractivity contribution in [2.24, 2.45) is 5.10 Å². The zero-order valence-electron chi connectivity index (χ0n) is 5.79. The third-order valence-corrected chi connectivity index (χ3v) is 0.693. The maximum atomic E-state index is 10.5. The van der Waals surface area contributed by atoms with E-state index in [0.29, 0.717) is 0 Å². The van der Waals surface area contributed by atoms with Crippen LogP contribution in [0.1, 0.15) is 6.92 Å². The second-order valence-corrected chi connectivity index (χ2v) is 1.48. The number of nitrogens with zero attached hydrogens (tertiary/aromatic N) is 1. The van der Waals surface area contributed by atoms with E-state index in [-0.39, 0.29) is 13.2 Å². The van der Waals surface area contributed by atoms with E-state index in [1.54, 1.807) is 6.92 Å². The predicted octanol–water partition coefficient (Wildman–Crippen LogP) is -0.716. The largest absolute Gasteiger partial charge is 0.395 e. The summed E-state index contributed by atoms with van der Waals surface area (Å²) < 4.78 is 0. The molecule has 0 unspecified atom stereocenters. The topological polar surface area (TPSA) is 73.7 Å². The monoisotopic (exact) mass is 145 g/mol. The van der Waals surface area contributed by atoms with Crippen LogP contribution in [0, 0.1) is 0 Å². The Balaban J connectivity index is 3.25. The van der Waals surface area contributed by atoms with Crippen molar-refractivity contribution in [1.29, 1.82) is 0 Å². The van der Waals surface area contributed by atoms with Gasteiger partial charge in [-0.05, 0) is 6.92 Å². The number of hydrogen-bond acceptors (Lipinski definition) is 3. The molecule has 0 fully saturated rings. The summed E-state index contributed by atoms with van der Waals surface area (Å²) in [6, 6.07) is -0.410. The highest BCUT2D eigenvalue weighted by atomic mass is 16.3. The lowest BCUT2D eigenvalue weighted by Crippen LogP contribution is -2.34. The Hall–Kier alpha value is -1.10. The molecule has 0 saturated heterocycles. The smallest absolute Gasteiger partial charge is 0.335 e. The van der Waals surface area contributed by atoms with E-state index in [1.807, 2.05) is 0 Å². The van der Waals surface area contributed by atoms with Crippen LogP contribution in [0.15, 0.2) is 5.10 Å². The molecule has 10 heavy (non-hydrogen) atoms. The molecule has 0 aromatic carbocycles. The normalized spacial score (nSPS) is 9.80. The van der Waals surface area contributed by atoms with Crippen LogP contribution in [0.5, 0.6) is 0 Å². The lowest BCUT2D eigenvalue weighted by Gasteiger charge is -1.99. The quantitative estimate of drug-likeness (QED) is 0.362. The van der Waals surface area contributed by atoms with Crippen LogP contribution in [0.2, 0.25) is 0 Å². The van der Waals surface area contributed by atoms with Crippen molar-refractivity contribution in [3.8, 4) is 0 Å². The van der Waals surface area contributed by atoms with Gasteiger partial charge in [0.15, 0.2) is 0 Å². The first-order valence-electron chi connectivity index (χ1n) is 2.93. The molecule has 0 saturated carbocycles. The summed E-state index contributed by atoms with van der Waals surface area (Å²) in [5.41, 5.74) is 2.18. The maximum absolute atomic E-state index is 10.5. The average molecular weight is 145 g/mol. The van der Waals surface area contributed by atoms with Gasteiger partial charge in [-0.25, -0.2) is 10.2 Å². The van der Waals surface area contributed by atoms with Gasteiger partial charge in [0.25, 0.3) is 0 Å². The molecule has 5 heteroatoms. The van der Waals surface area contributed by atoms with Gasteiger partial charge in [0, 0.05) is 12.8 Å². The molecular weight excluding hydrogens is 134 g/mol. The number of aliphatic hydroxyl groups excluding tert-OH is 1. The molecule has 0 bridgehead atoms. The molecule has 0 aliphatic rings. The number of rotatable bonds is 3. The van der Waals surface area contributed by atoms with Crippen molar-refractivity contribution in [3.05, 3.63) is 0 Å². The van der Waals surface area contributed by atoms with Crippen LogP contribution in [0.25, 0.3) is 0 Å². The van der Waals surface area contributed by atoms with E-state index in [9.17, 15) is 4.79 Å². The zero-order chi connectivity index (χ0) is 7.82. The van der Waals surface area contributed by atoms with E-state index in [4.69, 9.17) is 5.11 Å². The van der Waals surface area contributed by atoms with Crippen LogP contribution < -0.4 is 10.7 Å². The Labute approximate surface area is 59.1 Å². The second-order valence-electron chi connectivity index (χ2n) is 1.48. The third-order valence-electron chi connectivity index (χ3n) is 0.693. The molecule has 0 spiro atoms. The molecule has 58 valence electrons. The van der Waals surface area contributed by atoms with Gasteiger partial charge in [0.05, 0.1) is 6.61 Å². The number of nitrogens with one attached hydrogen (secondary N) is 2. The third kappa shape index (κ3) is 5.04. The van der Waals surface area contributed by atoms with Crippen molar-refractivity contribution in [1.82, 2.24) is 10.7 Å². The van der Waals surface area contributed by atoms with Crippen molar-refractivity contribution >= 4 is 12.2 Å². The lowest BCUT2D eigenvalue weighted by atomic mass is 10.7. The maximum Gasteiger partial charge on any atom is 0.335 e. The van der Waals surface area contributed by atoms with E-state index in [2.05, 4.69) is 15.8 Å². The molecule has 3 N–H and O–H groups in total. The number of aliphatic hydroxyl groups is 1. The Bertz CT molecular complexity index is 124. The Morgan fingerprint density at radius 3 is 3.00 bits per heavy atom. The zero-order valence-corrected chi connectivity index (χ0v) is 5.79. The number of amides is 2. The number of carbonyl (C=O) groups excluding carboxylic acids is 1. The van der Waals surface area contributed by atoms with Crippen LogP contribution in [0.3, 0.4) is 0 Å². The van der Waals surface area contributed by atoms with E-state index < -0.39 is 6.03 Å². The average Bonchev–Trinajstić information content (AvgIpc) is 1.97. The van der Waals surface area contributed by atoms with Crippen molar-refractivity contribution in [2.45, 2.75) is 6.92 Å². The fourth-order valence-corrected chi connectivity index (χ4v) is 0.332. The molecule has 5 nitrogen and oxygen atoms in total. The molecule has 0 aliphatic carbocycles. The number of urea groups is 1.